The van der Waals surface area contributed by atoms with Gasteiger partial charge in [-0.05, 0) is 24.5 Å². The Kier molecular flexibility index (Phi) is 3.92. The van der Waals surface area contributed by atoms with Crippen molar-refractivity contribution in [2.75, 3.05) is 6.54 Å². The van der Waals surface area contributed by atoms with Crippen molar-refractivity contribution >= 4 is 11.9 Å². The SMILES string of the molecule is O=C(O)CC1CCCN1C(=O)Cc1cccnc1. The van der Waals surface area contributed by atoms with Gasteiger partial charge in [0.15, 0.2) is 0 Å². The summed E-state index contributed by atoms with van der Waals surface area (Å²) in [5.74, 6) is -0.854. The Balaban J connectivity index is 1.98. The predicted octanol–water partition coefficient (Wildman–Crippen LogP) is 1.09. The van der Waals surface area contributed by atoms with Gasteiger partial charge in [-0.1, -0.05) is 6.07 Å². The Hall–Kier alpha value is -1.91. The van der Waals surface area contributed by atoms with Crippen LogP contribution in [0.4, 0.5) is 0 Å². The monoisotopic (exact) mass is 248 g/mol. The van der Waals surface area contributed by atoms with E-state index < -0.39 is 5.97 Å². The number of carboxylic acid groups (broad SMARTS) is 1. The summed E-state index contributed by atoms with van der Waals surface area (Å²) in [5.41, 5.74) is 0.864. The average Bonchev–Trinajstić information content (AvgIpc) is 2.77. The molecule has 1 N–H and O–H groups in total. The first-order valence-corrected chi connectivity index (χ1v) is 6.07. The first-order valence-electron chi connectivity index (χ1n) is 6.07. The molecular formula is C13H16N2O3. The summed E-state index contributed by atoms with van der Waals surface area (Å²) in [4.78, 5) is 28.5. The third kappa shape index (κ3) is 3.06. The summed E-state index contributed by atoms with van der Waals surface area (Å²) < 4.78 is 0. The van der Waals surface area contributed by atoms with Crippen molar-refractivity contribution in [1.82, 2.24) is 9.88 Å². The lowest BCUT2D eigenvalue weighted by Crippen LogP contribution is -2.37. The Morgan fingerprint density at radius 2 is 2.33 bits per heavy atom. The lowest BCUT2D eigenvalue weighted by atomic mass is 10.1. The van der Waals surface area contributed by atoms with Crippen molar-refractivity contribution in [2.45, 2.75) is 31.7 Å². The summed E-state index contributed by atoms with van der Waals surface area (Å²) in [5, 5.41) is 8.82. The van der Waals surface area contributed by atoms with E-state index >= 15 is 0 Å². The van der Waals surface area contributed by atoms with Crippen LogP contribution in [0.2, 0.25) is 0 Å². The van der Waals surface area contributed by atoms with Gasteiger partial charge in [-0.2, -0.15) is 0 Å². The number of carboxylic acids is 1. The number of aliphatic carboxylic acids is 1. The first kappa shape index (κ1) is 12.5. The molecule has 0 aliphatic carbocycles. The van der Waals surface area contributed by atoms with E-state index in [0.717, 1.165) is 18.4 Å². The minimum atomic E-state index is -0.846. The van der Waals surface area contributed by atoms with Crippen molar-refractivity contribution in [2.24, 2.45) is 0 Å². The van der Waals surface area contributed by atoms with E-state index in [4.69, 9.17) is 5.11 Å². The molecule has 1 atom stereocenters. The van der Waals surface area contributed by atoms with Gasteiger partial charge in [0.25, 0.3) is 0 Å². The fraction of sp³-hybridized carbons (Fsp3) is 0.462. The van der Waals surface area contributed by atoms with Gasteiger partial charge in [-0.3, -0.25) is 14.6 Å². The topological polar surface area (TPSA) is 70.5 Å². The molecule has 0 spiro atoms. The van der Waals surface area contributed by atoms with Crippen LogP contribution in [0.3, 0.4) is 0 Å². The molecule has 96 valence electrons. The molecule has 2 rings (SSSR count). The number of likely N-dealkylation sites (tertiary alicyclic amines) is 1. The highest BCUT2D eigenvalue weighted by molar-refractivity contribution is 5.80. The fourth-order valence-corrected chi connectivity index (χ4v) is 2.36. The smallest absolute Gasteiger partial charge is 0.305 e. The molecule has 0 saturated carbocycles. The molecule has 18 heavy (non-hydrogen) atoms. The van der Waals surface area contributed by atoms with Crippen molar-refractivity contribution in [3.05, 3.63) is 30.1 Å². The van der Waals surface area contributed by atoms with E-state index in [1.807, 2.05) is 6.07 Å². The van der Waals surface area contributed by atoms with Crippen molar-refractivity contribution in [1.29, 1.82) is 0 Å². The van der Waals surface area contributed by atoms with Gasteiger partial charge in [0.1, 0.15) is 0 Å². The zero-order valence-electron chi connectivity index (χ0n) is 10.1. The van der Waals surface area contributed by atoms with E-state index in [2.05, 4.69) is 4.98 Å². The molecule has 0 aromatic carbocycles. The fourth-order valence-electron chi connectivity index (χ4n) is 2.36. The van der Waals surface area contributed by atoms with Gasteiger partial charge in [0.05, 0.1) is 12.8 Å². The van der Waals surface area contributed by atoms with Crippen LogP contribution < -0.4 is 0 Å². The lowest BCUT2D eigenvalue weighted by Gasteiger charge is -2.23. The summed E-state index contributed by atoms with van der Waals surface area (Å²) >= 11 is 0. The second-order valence-electron chi connectivity index (χ2n) is 4.52. The Bertz CT molecular complexity index is 433. The summed E-state index contributed by atoms with van der Waals surface area (Å²) in [6.45, 7) is 0.664. The number of carbonyl (C=O) groups excluding carboxylic acids is 1. The van der Waals surface area contributed by atoms with E-state index in [0.29, 0.717) is 13.0 Å². The lowest BCUT2D eigenvalue weighted by molar-refractivity contribution is -0.139. The average molecular weight is 248 g/mol. The van der Waals surface area contributed by atoms with Crippen molar-refractivity contribution < 1.29 is 14.7 Å². The molecule has 1 aromatic rings. The zero-order valence-corrected chi connectivity index (χ0v) is 10.1. The van der Waals surface area contributed by atoms with Crippen LogP contribution in [0.5, 0.6) is 0 Å². The number of aromatic nitrogens is 1. The summed E-state index contributed by atoms with van der Waals surface area (Å²) in [7, 11) is 0. The Morgan fingerprint density at radius 1 is 1.50 bits per heavy atom. The van der Waals surface area contributed by atoms with Gasteiger partial charge < -0.3 is 10.0 Å². The van der Waals surface area contributed by atoms with Gasteiger partial charge in [-0.25, -0.2) is 0 Å². The van der Waals surface area contributed by atoms with Crippen LogP contribution in [0.25, 0.3) is 0 Å². The highest BCUT2D eigenvalue weighted by Crippen LogP contribution is 2.21. The maximum Gasteiger partial charge on any atom is 0.305 e. The van der Waals surface area contributed by atoms with Gasteiger partial charge in [0, 0.05) is 25.0 Å². The third-order valence-electron chi connectivity index (χ3n) is 3.19. The quantitative estimate of drug-likeness (QED) is 0.865. The van der Waals surface area contributed by atoms with Crippen molar-refractivity contribution in [3.8, 4) is 0 Å². The molecule has 5 heteroatoms. The number of nitrogens with zero attached hydrogens (tertiary/aromatic N) is 2. The van der Waals surface area contributed by atoms with E-state index in [1.165, 1.54) is 0 Å². The second-order valence-corrected chi connectivity index (χ2v) is 4.52. The maximum absolute atomic E-state index is 12.1. The number of rotatable bonds is 4. The molecule has 1 saturated heterocycles. The molecule has 1 unspecified atom stereocenters. The molecule has 0 radical (unpaired) electrons. The van der Waals surface area contributed by atoms with Crippen LogP contribution in [0, 0.1) is 0 Å². The molecule has 1 fully saturated rings. The highest BCUT2D eigenvalue weighted by atomic mass is 16.4. The van der Waals surface area contributed by atoms with Gasteiger partial charge >= 0.3 is 5.97 Å². The van der Waals surface area contributed by atoms with Crippen LogP contribution >= 0.6 is 0 Å². The van der Waals surface area contributed by atoms with E-state index in [1.54, 1.807) is 23.4 Å². The summed E-state index contributed by atoms with van der Waals surface area (Å²) in [6.07, 6.45) is 5.34. The molecule has 1 amide bonds. The number of pyridine rings is 1. The predicted molar refractivity (Wildman–Crippen MR) is 64.9 cm³/mol. The number of hydrogen-bond donors (Lipinski definition) is 1. The van der Waals surface area contributed by atoms with Gasteiger partial charge in [0.2, 0.25) is 5.91 Å². The molecule has 1 aliphatic rings. The van der Waals surface area contributed by atoms with E-state index in [-0.39, 0.29) is 18.4 Å². The minimum absolute atomic E-state index is 0.00764. The minimum Gasteiger partial charge on any atom is -0.481 e. The van der Waals surface area contributed by atoms with Crippen LogP contribution in [-0.4, -0.2) is 39.5 Å². The zero-order chi connectivity index (χ0) is 13.0. The van der Waals surface area contributed by atoms with Gasteiger partial charge in [-0.15, -0.1) is 0 Å². The number of amides is 1. The number of carbonyl (C=O) groups is 2. The second kappa shape index (κ2) is 5.62. The molecule has 0 bridgehead atoms. The van der Waals surface area contributed by atoms with E-state index in [9.17, 15) is 9.59 Å². The Morgan fingerprint density at radius 3 is 3.00 bits per heavy atom. The molecule has 1 aromatic heterocycles. The number of hydrogen-bond acceptors (Lipinski definition) is 3. The molecule has 5 nitrogen and oxygen atoms in total. The standard InChI is InChI=1S/C13H16N2O3/c16-12(7-10-3-1-5-14-9-10)15-6-2-4-11(15)8-13(17)18/h1,3,5,9,11H,2,4,6-8H2,(H,17,18). The Labute approximate surface area is 105 Å². The van der Waals surface area contributed by atoms with Crippen LogP contribution in [0.15, 0.2) is 24.5 Å². The third-order valence-corrected chi connectivity index (χ3v) is 3.19. The van der Waals surface area contributed by atoms with Crippen LogP contribution in [-0.2, 0) is 16.0 Å². The normalized spacial score (nSPS) is 18.9. The van der Waals surface area contributed by atoms with Crippen molar-refractivity contribution in [3.63, 3.8) is 0 Å². The maximum atomic E-state index is 12.1. The molecule has 2 heterocycles. The summed E-state index contributed by atoms with van der Waals surface area (Å²) in [6, 6.07) is 3.50. The molecule has 1 aliphatic heterocycles. The highest BCUT2D eigenvalue weighted by Gasteiger charge is 2.30. The van der Waals surface area contributed by atoms with Crippen LogP contribution in [0.1, 0.15) is 24.8 Å². The molecular weight excluding hydrogens is 232 g/mol. The first-order chi connectivity index (χ1) is 8.66. The largest absolute Gasteiger partial charge is 0.481 e.